The monoisotopic (exact) mass is 594 g/mol. The fraction of sp³-hybridized carbons (Fsp3) is 0.216. The number of aliphatic imine (C=N–C) groups is 1. The highest BCUT2D eigenvalue weighted by atomic mass is 16.5. The molecule has 1 aliphatic carbocycles. The maximum atomic E-state index is 10.7. The molecule has 0 unspecified atom stereocenters. The lowest BCUT2D eigenvalue weighted by atomic mass is 10.0. The van der Waals surface area contributed by atoms with E-state index in [1.54, 1.807) is 19.2 Å². The van der Waals surface area contributed by atoms with Crippen molar-refractivity contribution in [1.82, 2.24) is 0 Å². The number of benzene rings is 3. The van der Waals surface area contributed by atoms with E-state index in [9.17, 15) is 10.2 Å². The zero-order valence-electron chi connectivity index (χ0n) is 26.4. The predicted molar refractivity (Wildman–Crippen MR) is 187 cm³/mol. The van der Waals surface area contributed by atoms with Crippen LogP contribution >= 0.6 is 0 Å². The van der Waals surface area contributed by atoms with E-state index < -0.39 is 0 Å². The summed E-state index contributed by atoms with van der Waals surface area (Å²) in [7, 11) is 3.16. The van der Waals surface area contributed by atoms with Crippen molar-refractivity contribution in [2.75, 3.05) is 31.1 Å². The van der Waals surface area contributed by atoms with Gasteiger partial charge in [0, 0.05) is 23.0 Å². The molecule has 0 atom stereocenters. The van der Waals surface area contributed by atoms with Crippen molar-refractivity contribution < 1.29 is 14.9 Å². The van der Waals surface area contributed by atoms with Gasteiger partial charge in [0.15, 0.2) is 5.82 Å². The van der Waals surface area contributed by atoms with Crippen molar-refractivity contribution >= 4 is 17.1 Å². The summed E-state index contributed by atoms with van der Waals surface area (Å²) in [6.45, 7) is 14.1. The summed E-state index contributed by atoms with van der Waals surface area (Å²) in [5, 5.41) is 24.7. The second-order valence-corrected chi connectivity index (χ2v) is 9.47. The Balaban J connectivity index is 0.00000162. The van der Waals surface area contributed by atoms with Crippen LogP contribution in [0.3, 0.4) is 0 Å². The van der Waals surface area contributed by atoms with Gasteiger partial charge in [-0.1, -0.05) is 75.4 Å². The van der Waals surface area contributed by atoms with E-state index in [2.05, 4.69) is 50.7 Å². The number of rotatable bonds is 11. The van der Waals surface area contributed by atoms with Crippen LogP contribution in [0.25, 0.3) is 11.1 Å². The molecule has 0 amide bonds. The number of para-hydroxylation sites is 1. The predicted octanol–water partition coefficient (Wildman–Crippen LogP) is 7.97. The molecule has 44 heavy (non-hydrogen) atoms. The molecule has 0 heterocycles. The Morgan fingerprint density at radius 3 is 2.34 bits per heavy atom. The Morgan fingerprint density at radius 1 is 0.977 bits per heavy atom. The summed E-state index contributed by atoms with van der Waals surface area (Å²) in [5.74, 6) is 1.56. The molecule has 1 aliphatic rings. The van der Waals surface area contributed by atoms with E-state index in [1.165, 1.54) is 7.05 Å². The van der Waals surface area contributed by atoms with Crippen LogP contribution in [0, 0.1) is 0 Å². The number of aryl methyl sites for hydroxylation is 1. The third kappa shape index (κ3) is 9.33. The summed E-state index contributed by atoms with van der Waals surface area (Å²) in [4.78, 5) is 6.90. The fourth-order valence-electron chi connectivity index (χ4n) is 4.60. The first kappa shape index (κ1) is 35.3. The van der Waals surface area contributed by atoms with Gasteiger partial charge in [0.25, 0.3) is 0 Å². The number of phenolic OH excluding ortho intramolecular Hbond substituents is 1. The topological polar surface area (TPSA) is 103 Å². The van der Waals surface area contributed by atoms with Crippen molar-refractivity contribution in [2.45, 2.75) is 33.1 Å². The fourth-order valence-corrected chi connectivity index (χ4v) is 4.60. The van der Waals surface area contributed by atoms with Crippen LogP contribution < -0.4 is 20.7 Å². The molecule has 3 aromatic carbocycles. The van der Waals surface area contributed by atoms with E-state index in [1.807, 2.05) is 77.7 Å². The smallest absolute Gasteiger partial charge is 0.150 e. The molecule has 0 saturated carbocycles. The molecule has 5 N–H and O–H groups in total. The van der Waals surface area contributed by atoms with Crippen molar-refractivity contribution in [3.05, 3.63) is 133 Å². The summed E-state index contributed by atoms with van der Waals surface area (Å²) >= 11 is 0. The molecule has 7 nitrogen and oxygen atoms in total. The largest absolute Gasteiger partial charge is 0.507 e. The molecule has 0 aromatic heterocycles. The number of hydrogen-bond acceptors (Lipinski definition) is 7. The Bertz CT molecular complexity index is 1480. The average Bonchev–Trinajstić information content (AvgIpc) is 3.07. The molecule has 232 valence electrons. The van der Waals surface area contributed by atoms with Crippen LogP contribution in [-0.2, 0) is 6.42 Å². The molecule has 0 aliphatic heterocycles. The number of ether oxygens (including phenoxy) is 1. The number of nitrogens with one attached hydrogen (secondary N) is 1. The van der Waals surface area contributed by atoms with Gasteiger partial charge in [-0.15, -0.1) is 13.2 Å². The van der Waals surface area contributed by atoms with Gasteiger partial charge in [-0.2, -0.15) is 0 Å². The number of aliphatic hydroxyl groups excluding tert-OH is 1. The lowest BCUT2D eigenvalue weighted by Crippen LogP contribution is -2.26. The maximum absolute atomic E-state index is 10.7. The van der Waals surface area contributed by atoms with Gasteiger partial charge in [0.2, 0.25) is 0 Å². The lowest BCUT2D eigenvalue weighted by Gasteiger charge is -2.28. The van der Waals surface area contributed by atoms with Gasteiger partial charge < -0.3 is 30.9 Å². The third-order valence-corrected chi connectivity index (χ3v) is 6.70. The molecule has 0 bridgehead atoms. The van der Waals surface area contributed by atoms with Crippen LogP contribution in [0.1, 0.15) is 32.3 Å². The van der Waals surface area contributed by atoms with Gasteiger partial charge in [-0.3, -0.25) is 0 Å². The van der Waals surface area contributed by atoms with Crippen LogP contribution in [0.15, 0.2) is 133 Å². The first-order valence-electron chi connectivity index (χ1n) is 14.6. The van der Waals surface area contributed by atoms with Crippen LogP contribution in [-0.4, -0.2) is 36.8 Å². The summed E-state index contributed by atoms with van der Waals surface area (Å²) in [6.07, 6.45) is 10.1. The standard InChI is InChI=1S/C34H37N3O3.C2H4.CH5N/c1-5-12-32(37(23-38)28-15-11-14-26(21-28)30-16-8-10-18-33(30)39)34(36-31-17-9-7-13-24(31)3)35-27-19-25(6-2)20-29(22-27)40-4;2*1-2/h7-11,13-22,35,38-39H,3,5-6,12,23H2,1-2,4H3;1-2H2;2H2,1H3/b34-32?,36-31-;;. The van der Waals surface area contributed by atoms with Crippen molar-refractivity contribution in [3.8, 4) is 22.6 Å². The second-order valence-electron chi connectivity index (χ2n) is 9.47. The first-order valence-corrected chi connectivity index (χ1v) is 14.6. The molecule has 0 spiro atoms. The first-order chi connectivity index (χ1) is 21.5. The van der Waals surface area contributed by atoms with Crippen LogP contribution in [0.4, 0.5) is 11.4 Å². The van der Waals surface area contributed by atoms with Crippen LogP contribution in [0.2, 0.25) is 0 Å². The molecule has 0 fully saturated rings. The van der Waals surface area contributed by atoms with Gasteiger partial charge >= 0.3 is 0 Å². The molecule has 7 heteroatoms. The number of aliphatic hydroxyl groups is 1. The Kier molecular flexibility index (Phi) is 15.0. The molecule has 4 rings (SSSR count). The minimum Gasteiger partial charge on any atom is -0.507 e. The Hall–Kier alpha value is -4.85. The molecule has 0 saturated heterocycles. The van der Waals surface area contributed by atoms with E-state index in [-0.39, 0.29) is 12.5 Å². The number of anilines is 2. The summed E-state index contributed by atoms with van der Waals surface area (Å²) < 4.78 is 5.56. The number of nitrogens with two attached hydrogens (primary N) is 1. The summed E-state index contributed by atoms with van der Waals surface area (Å²) in [5.41, 5.74) is 11.2. The maximum Gasteiger partial charge on any atom is 0.150 e. The lowest BCUT2D eigenvalue weighted by molar-refractivity contribution is 0.298. The number of phenols is 1. The Labute approximate surface area is 262 Å². The summed E-state index contributed by atoms with van der Waals surface area (Å²) in [6, 6.07) is 21.1. The minimum atomic E-state index is -0.259. The SMILES string of the molecule is C=C.C=C1C=CC=C/C1=N/C(Nc1cc(CC)cc(OC)c1)=C(CCC)N(CO)c1cccc(-c2ccccc2O)c1.CN. The normalized spacial score (nSPS) is 13.2. The highest BCUT2D eigenvalue weighted by molar-refractivity contribution is 6.11. The number of nitrogens with zero attached hydrogens (tertiary/aromatic N) is 2. The number of allylic oxidation sites excluding steroid dienone is 6. The molecular weight excluding hydrogens is 548 g/mol. The molecule has 3 aromatic rings. The van der Waals surface area contributed by atoms with E-state index in [0.29, 0.717) is 12.2 Å². The van der Waals surface area contributed by atoms with Crippen molar-refractivity contribution in [1.29, 1.82) is 0 Å². The number of hydrogen-bond donors (Lipinski definition) is 4. The van der Waals surface area contributed by atoms with Gasteiger partial charge in [-0.05, 0) is 73.0 Å². The van der Waals surface area contributed by atoms with Gasteiger partial charge in [0.1, 0.15) is 18.2 Å². The van der Waals surface area contributed by atoms with Crippen LogP contribution in [0.5, 0.6) is 11.5 Å². The number of aromatic hydroxyl groups is 1. The average molecular weight is 595 g/mol. The van der Waals surface area contributed by atoms with Crippen molar-refractivity contribution in [3.63, 3.8) is 0 Å². The minimum absolute atomic E-state index is 0.202. The molecule has 0 radical (unpaired) electrons. The zero-order chi connectivity index (χ0) is 32.5. The van der Waals surface area contributed by atoms with E-state index in [4.69, 9.17) is 9.73 Å². The van der Waals surface area contributed by atoms with Gasteiger partial charge in [-0.25, -0.2) is 4.99 Å². The number of methoxy groups -OCH3 is 1. The highest BCUT2D eigenvalue weighted by Crippen LogP contribution is 2.34. The quantitative estimate of drug-likeness (QED) is 0.133. The second kappa shape index (κ2) is 18.6. The van der Waals surface area contributed by atoms with E-state index in [0.717, 1.165) is 63.6 Å². The van der Waals surface area contributed by atoms with Gasteiger partial charge in [0.05, 0.1) is 18.5 Å². The Morgan fingerprint density at radius 2 is 1.70 bits per heavy atom. The van der Waals surface area contributed by atoms with E-state index >= 15 is 0 Å². The van der Waals surface area contributed by atoms with Crippen molar-refractivity contribution in [2.24, 2.45) is 10.7 Å². The third-order valence-electron chi connectivity index (χ3n) is 6.70. The molecular formula is C37H46N4O3. The highest BCUT2D eigenvalue weighted by Gasteiger charge is 2.19. The zero-order valence-corrected chi connectivity index (χ0v) is 26.4.